The Bertz CT molecular complexity index is 1010. The molecule has 2 aromatic rings. The number of hydrogen-bond acceptors (Lipinski definition) is 3. The fourth-order valence-electron chi connectivity index (χ4n) is 3.62. The number of hydrogen-bond donors (Lipinski definition) is 2. The van der Waals surface area contributed by atoms with E-state index in [-0.39, 0.29) is 23.9 Å². The second kappa shape index (κ2) is 10.2. The fraction of sp³-hybridized carbons (Fsp3) is 0.292. The van der Waals surface area contributed by atoms with Gasteiger partial charge in [-0.3, -0.25) is 14.4 Å². The summed E-state index contributed by atoms with van der Waals surface area (Å²) in [6, 6.07) is 10.4. The zero-order valence-corrected chi connectivity index (χ0v) is 17.8. The predicted octanol–water partition coefficient (Wildman–Crippen LogP) is 2.66. The van der Waals surface area contributed by atoms with Crippen molar-refractivity contribution in [3.8, 4) is 0 Å². The molecule has 6 nitrogen and oxygen atoms in total. The van der Waals surface area contributed by atoms with Crippen molar-refractivity contribution < 1.29 is 23.2 Å². The van der Waals surface area contributed by atoms with E-state index in [0.717, 1.165) is 23.8 Å². The maximum atomic E-state index is 13.3. The van der Waals surface area contributed by atoms with Crippen LogP contribution in [-0.4, -0.2) is 41.8 Å². The van der Waals surface area contributed by atoms with Crippen LogP contribution in [0.3, 0.4) is 0 Å². The zero-order chi connectivity index (χ0) is 23.3. The molecule has 0 radical (unpaired) electrons. The highest BCUT2D eigenvalue weighted by Gasteiger charge is 2.31. The lowest BCUT2D eigenvalue weighted by Crippen LogP contribution is -2.52. The Hall–Kier alpha value is -3.55. The molecule has 0 fully saturated rings. The summed E-state index contributed by atoms with van der Waals surface area (Å²) in [7, 11) is 1.68. The van der Waals surface area contributed by atoms with Crippen molar-refractivity contribution in [2.24, 2.45) is 0 Å². The normalized spacial score (nSPS) is 19.2. The molecule has 168 valence electrons. The molecule has 3 atom stereocenters. The number of nitrogens with one attached hydrogen (secondary N) is 2. The molecule has 3 amide bonds. The molecule has 1 aliphatic rings. The van der Waals surface area contributed by atoms with Crippen molar-refractivity contribution >= 4 is 17.7 Å². The molecule has 2 aromatic carbocycles. The molecule has 3 rings (SSSR count). The van der Waals surface area contributed by atoms with Crippen LogP contribution in [0.5, 0.6) is 0 Å². The van der Waals surface area contributed by atoms with Gasteiger partial charge in [-0.25, -0.2) is 8.78 Å². The number of amides is 3. The molecule has 32 heavy (non-hydrogen) atoms. The average molecular weight is 441 g/mol. The summed E-state index contributed by atoms with van der Waals surface area (Å²) in [5.41, 5.74) is 1.12. The van der Waals surface area contributed by atoms with E-state index in [4.69, 9.17) is 0 Å². The molecular weight excluding hydrogens is 416 g/mol. The Morgan fingerprint density at radius 1 is 1.12 bits per heavy atom. The van der Waals surface area contributed by atoms with Gasteiger partial charge in [0.25, 0.3) is 0 Å². The van der Waals surface area contributed by atoms with Crippen LogP contribution < -0.4 is 10.6 Å². The Balaban J connectivity index is 1.58. The molecule has 0 spiro atoms. The number of carbonyl (C=O) groups is 3. The van der Waals surface area contributed by atoms with Crippen LogP contribution in [0, 0.1) is 11.6 Å². The van der Waals surface area contributed by atoms with Crippen molar-refractivity contribution in [1.29, 1.82) is 0 Å². The van der Waals surface area contributed by atoms with Crippen LogP contribution in [0.1, 0.15) is 30.5 Å². The number of benzene rings is 2. The number of rotatable bonds is 6. The first-order chi connectivity index (χ1) is 15.2. The van der Waals surface area contributed by atoms with Gasteiger partial charge in [-0.05, 0) is 36.6 Å². The molecule has 0 aromatic heterocycles. The third kappa shape index (κ3) is 5.78. The van der Waals surface area contributed by atoms with Gasteiger partial charge in [-0.1, -0.05) is 42.5 Å². The number of carbonyl (C=O) groups excluding carboxylic acids is 3. The van der Waals surface area contributed by atoms with Gasteiger partial charge in [-0.2, -0.15) is 0 Å². The Morgan fingerprint density at radius 2 is 1.78 bits per heavy atom. The summed E-state index contributed by atoms with van der Waals surface area (Å²) >= 11 is 0. The SMILES string of the molecule is C[C@H](NC(=O)Cc1cc(F)cc(F)c1)C(=O)N[C@H]1CC=C[C@H](c2ccccc2)N(C)C1=O. The zero-order valence-electron chi connectivity index (χ0n) is 17.8. The molecule has 8 heteroatoms. The third-order valence-electron chi connectivity index (χ3n) is 5.27. The average Bonchev–Trinajstić information content (AvgIpc) is 2.87. The van der Waals surface area contributed by atoms with Crippen LogP contribution in [-0.2, 0) is 20.8 Å². The highest BCUT2D eigenvalue weighted by Crippen LogP contribution is 2.24. The van der Waals surface area contributed by atoms with Crippen molar-refractivity contribution in [2.45, 2.75) is 37.9 Å². The second-order valence-corrected chi connectivity index (χ2v) is 7.77. The minimum Gasteiger partial charge on any atom is -0.344 e. The lowest BCUT2D eigenvalue weighted by atomic mass is 10.1. The molecule has 0 aliphatic carbocycles. The smallest absolute Gasteiger partial charge is 0.245 e. The van der Waals surface area contributed by atoms with E-state index in [2.05, 4.69) is 10.6 Å². The van der Waals surface area contributed by atoms with Gasteiger partial charge < -0.3 is 15.5 Å². The highest BCUT2D eigenvalue weighted by atomic mass is 19.1. The minimum atomic E-state index is -0.934. The Labute approximate surface area is 185 Å². The quantitative estimate of drug-likeness (QED) is 0.677. The van der Waals surface area contributed by atoms with E-state index >= 15 is 0 Å². The summed E-state index contributed by atoms with van der Waals surface area (Å²) in [6.07, 6.45) is 3.81. The van der Waals surface area contributed by atoms with E-state index in [1.54, 1.807) is 11.9 Å². The molecular formula is C24H25F2N3O3. The van der Waals surface area contributed by atoms with Crippen LogP contribution in [0.25, 0.3) is 0 Å². The number of halogens is 2. The standard InChI is InChI=1S/C24H25F2N3O3/c1-15(27-22(30)13-16-11-18(25)14-19(26)12-16)23(31)28-20-9-6-10-21(29(2)24(20)32)17-7-4-3-5-8-17/h3-8,10-12,14-15,20-21H,9,13H2,1-2H3,(H,27,30)(H,28,31)/t15-,20-,21+/m0/s1. The van der Waals surface area contributed by atoms with Crippen LogP contribution in [0.4, 0.5) is 8.78 Å². The van der Waals surface area contributed by atoms with E-state index in [0.29, 0.717) is 6.42 Å². The van der Waals surface area contributed by atoms with Crippen molar-refractivity contribution in [3.63, 3.8) is 0 Å². The van der Waals surface area contributed by atoms with Gasteiger partial charge in [0, 0.05) is 13.1 Å². The first kappa shape index (κ1) is 23.1. The predicted molar refractivity (Wildman–Crippen MR) is 115 cm³/mol. The molecule has 1 heterocycles. The largest absolute Gasteiger partial charge is 0.344 e. The second-order valence-electron chi connectivity index (χ2n) is 7.77. The van der Waals surface area contributed by atoms with Crippen LogP contribution in [0.15, 0.2) is 60.7 Å². The van der Waals surface area contributed by atoms with Crippen molar-refractivity contribution in [2.75, 3.05) is 7.05 Å². The van der Waals surface area contributed by atoms with Gasteiger partial charge in [0.05, 0.1) is 12.5 Å². The van der Waals surface area contributed by atoms with Crippen LogP contribution in [0.2, 0.25) is 0 Å². The summed E-state index contributed by atoms with van der Waals surface area (Å²) < 4.78 is 26.6. The van der Waals surface area contributed by atoms with Gasteiger partial charge in [-0.15, -0.1) is 0 Å². The topological polar surface area (TPSA) is 78.5 Å². The van der Waals surface area contributed by atoms with Gasteiger partial charge in [0.1, 0.15) is 23.7 Å². The van der Waals surface area contributed by atoms with Gasteiger partial charge in [0.15, 0.2) is 0 Å². The van der Waals surface area contributed by atoms with E-state index < -0.39 is 35.5 Å². The number of likely N-dealkylation sites (N-methyl/N-ethyl adjacent to an activating group) is 1. The maximum Gasteiger partial charge on any atom is 0.245 e. The first-order valence-corrected chi connectivity index (χ1v) is 10.3. The highest BCUT2D eigenvalue weighted by molar-refractivity contribution is 5.92. The first-order valence-electron chi connectivity index (χ1n) is 10.3. The minimum absolute atomic E-state index is 0.158. The van der Waals surface area contributed by atoms with Crippen molar-refractivity contribution in [3.05, 3.63) is 83.4 Å². The maximum absolute atomic E-state index is 13.3. The molecule has 2 N–H and O–H groups in total. The van der Waals surface area contributed by atoms with Gasteiger partial charge >= 0.3 is 0 Å². The third-order valence-corrected chi connectivity index (χ3v) is 5.27. The Kier molecular flexibility index (Phi) is 7.35. The van der Waals surface area contributed by atoms with E-state index in [9.17, 15) is 23.2 Å². The van der Waals surface area contributed by atoms with Crippen LogP contribution >= 0.6 is 0 Å². The summed E-state index contributed by atoms with van der Waals surface area (Å²) in [5, 5.41) is 5.18. The van der Waals surface area contributed by atoms with Gasteiger partial charge in [0.2, 0.25) is 17.7 Å². The summed E-state index contributed by atoms with van der Waals surface area (Å²) in [5.74, 6) is -2.90. The molecule has 0 saturated carbocycles. The summed E-state index contributed by atoms with van der Waals surface area (Å²) in [6.45, 7) is 1.48. The lowest BCUT2D eigenvalue weighted by Gasteiger charge is -2.28. The Morgan fingerprint density at radius 3 is 2.44 bits per heavy atom. The van der Waals surface area contributed by atoms with E-state index in [1.807, 2.05) is 42.5 Å². The monoisotopic (exact) mass is 441 g/mol. The molecule has 1 aliphatic heterocycles. The molecule has 0 unspecified atom stereocenters. The molecule has 0 bridgehead atoms. The van der Waals surface area contributed by atoms with Crippen molar-refractivity contribution in [1.82, 2.24) is 15.5 Å². The number of nitrogens with zero attached hydrogens (tertiary/aromatic N) is 1. The lowest BCUT2D eigenvalue weighted by molar-refractivity contribution is -0.137. The summed E-state index contributed by atoms with van der Waals surface area (Å²) in [4.78, 5) is 39.3. The van der Waals surface area contributed by atoms with E-state index in [1.165, 1.54) is 6.92 Å². The fourth-order valence-corrected chi connectivity index (χ4v) is 3.62. The molecule has 0 saturated heterocycles.